The first-order valence-corrected chi connectivity index (χ1v) is 11.0. The third kappa shape index (κ3) is 4.10. The highest BCUT2D eigenvalue weighted by Crippen LogP contribution is 2.27. The van der Waals surface area contributed by atoms with Crippen LogP contribution in [0.3, 0.4) is 0 Å². The molecule has 0 spiro atoms. The van der Waals surface area contributed by atoms with E-state index in [1.165, 1.54) is 23.1 Å². The number of carbonyl (C=O) groups is 1. The van der Waals surface area contributed by atoms with Crippen molar-refractivity contribution in [3.63, 3.8) is 0 Å². The van der Waals surface area contributed by atoms with E-state index < -0.39 is 5.25 Å². The second kappa shape index (κ2) is 8.73. The normalized spacial score (nSPS) is 11.9. The van der Waals surface area contributed by atoms with Gasteiger partial charge in [0.1, 0.15) is 10.6 Å². The molecular formula is C22H19N3O3S2. The van der Waals surface area contributed by atoms with Gasteiger partial charge in [0.2, 0.25) is 5.91 Å². The Morgan fingerprint density at radius 2 is 1.97 bits per heavy atom. The number of hydrogen-bond donors (Lipinski definition) is 1. The third-order valence-electron chi connectivity index (χ3n) is 4.47. The highest BCUT2D eigenvalue weighted by molar-refractivity contribution is 8.00. The van der Waals surface area contributed by atoms with Crippen LogP contribution in [0.4, 0.5) is 5.69 Å². The van der Waals surface area contributed by atoms with Gasteiger partial charge >= 0.3 is 0 Å². The Kier molecular flexibility index (Phi) is 5.87. The van der Waals surface area contributed by atoms with Crippen LogP contribution in [-0.2, 0) is 4.79 Å². The SMILES string of the molecule is COc1cccc(NC(=O)[C@@H](C)Sc2nc3sccc3c(=O)n2-c2ccccc2)c1. The minimum atomic E-state index is -0.476. The number of thioether (sulfide) groups is 1. The summed E-state index contributed by atoms with van der Waals surface area (Å²) in [5, 5.41) is 5.31. The van der Waals surface area contributed by atoms with Gasteiger partial charge in [0.15, 0.2) is 5.16 Å². The van der Waals surface area contributed by atoms with Gasteiger partial charge in [0, 0.05) is 11.8 Å². The van der Waals surface area contributed by atoms with Gasteiger partial charge in [-0.15, -0.1) is 11.3 Å². The van der Waals surface area contributed by atoms with Crippen molar-refractivity contribution in [2.45, 2.75) is 17.3 Å². The van der Waals surface area contributed by atoms with E-state index in [4.69, 9.17) is 4.74 Å². The lowest BCUT2D eigenvalue weighted by Gasteiger charge is -2.16. The standard InChI is InChI=1S/C22H19N3O3S2/c1-14(19(26)23-15-7-6-10-17(13-15)28-2)30-22-24-20-18(11-12-29-20)21(27)25(22)16-8-4-3-5-9-16/h3-14H,1-2H3,(H,23,26)/t14-/m1/s1. The van der Waals surface area contributed by atoms with Gasteiger partial charge < -0.3 is 10.1 Å². The number of benzene rings is 2. The molecule has 4 rings (SSSR count). The number of amides is 1. The number of para-hydroxylation sites is 1. The molecule has 30 heavy (non-hydrogen) atoms. The van der Waals surface area contributed by atoms with Crippen molar-refractivity contribution in [3.8, 4) is 11.4 Å². The van der Waals surface area contributed by atoms with Gasteiger partial charge in [-0.1, -0.05) is 36.0 Å². The van der Waals surface area contributed by atoms with Crippen LogP contribution in [0.15, 0.2) is 76.0 Å². The average Bonchev–Trinajstić information content (AvgIpc) is 3.23. The average molecular weight is 438 g/mol. The lowest BCUT2D eigenvalue weighted by Crippen LogP contribution is -2.26. The van der Waals surface area contributed by atoms with Gasteiger partial charge in [-0.2, -0.15) is 0 Å². The van der Waals surface area contributed by atoms with E-state index in [1.54, 1.807) is 36.8 Å². The Balaban J connectivity index is 1.65. The van der Waals surface area contributed by atoms with Crippen LogP contribution in [0.5, 0.6) is 5.75 Å². The number of hydrogen-bond acceptors (Lipinski definition) is 6. The first-order chi connectivity index (χ1) is 14.6. The molecule has 8 heteroatoms. The number of fused-ring (bicyclic) bond motifs is 1. The molecular weight excluding hydrogens is 418 g/mol. The molecule has 0 unspecified atom stereocenters. The summed E-state index contributed by atoms with van der Waals surface area (Å²) in [6.07, 6.45) is 0. The van der Waals surface area contributed by atoms with E-state index in [2.05, 4.69) is 10.3 Å². The topological polar surface area (TPSA) is 73.2 Å². The van der Waals surface area contributed by atoms with Crippen molar-refractivity contribution < 1.29 is 9.53 Å². The first kappa shape index (κ1) is 20.2. The second-order valence-electron chi connectivity index (χ2n) is 6.49. The van der Waals surface area contributed by atoms with Crippen molar-refractivity contribution in [2.24, 2.45) is 0 Å². The Morgan fingerprint density at radius 1 is 1.17 bits per heavy atom. The molecule has 0 aliphatic heterocycles. The fraction of sp³-hybridized carbons (Fsp3) is 0.136. The number of carbonyl (C=O) groups excluding carboxylic acids is 1. The molecule has 0 saturated heterocycles. The molecule has 1 atom stereocenters. The Morgan fingerprint density at radius 3 is 2.73 bits per heavy atom. The maximum Gasteiger partial charge on any atom is 0.267 e. The zero-order valence-corrected chi connectivity index (χ0v) is 18.0. The first-order valence-electron chi connectivity index (χ1n) is 9.24. The molecule has 0 fully saturated rings. The van der Waals surface area contributed by atoms with E-state index in [1.807, 2.05) is 47.8 Å². The number of methoxy groups -OCH3 is 1. The van der Waals surface area contributed by atoms with E-state index in [0.717, 1.165) is 0 Å². The van der Waals surface area contributed by atoms with Crippen LogP contribution < -0.4 is 15.6 Å². The molecule has 4 aromatic rings. The lowest BCUT2D eigenvalue weighted by atomic mass is 10.3. The monoisotopic (exact) mass is 437 g/mol. The predicted octanol–water partition coefficient (Wildman–Crippen LogP) is 4.58. The summed E-state index contributed by atoms with van der Waals surface area (Å²) in [5.74, 6) is 0.476. The summed E-state index contributed by atoms with van der Waals surface area (Å²) >= 11 is 2.66. The van der Waals surface area contributed by atoms with Gasteiger partial charge in [-0.05, 0) is 42.6 Å². The number of ether oxygens (including phenoxy) is 1. The van der Waals surface area contributed by atoms with Crippen LogP contribution in [0.25, 0.3) is 15.9 Å². The zero-order chi connectivity index (χ0) is 21.1. The summed E-state index contributed by atoms with van der Waals surface area (Å²) in [6.45, 7) is 1.79. The Hall–Kier alpha value is -3.10. The fourth-order valence-electron chi connectivity index (χ4n) is 2.93. The van der Waals surface area contributed by atoms with Crippen molar-refractivity contribution in [2.75, 3.05) is 12.4 Å². The third-order valence-corrected chi connectivity index (χ3v) is 6.33. The maximum absolute atomic E-state index is 13.1. The van der Waals surface area contributed by atoms with E-state index in [0.29, 0.717) is 32.5 Å². The molecule has 1 amide bonds. The molecule has 2 aromatic carbocycles. The zero-order valence-electron chi connectivity index (χ0n) is 16.4. The van der Waals surface area contributed by atoms with Crippen molar-refractivity contribution in [1.82, 2.24) is 9.55 Å². The van der Waals surface area contributed by atoms with Gasteiger partial charge in [0.25, 0.3) is 5.56 Å². The summed E-state index contributed by atoms with van der Waals surface area (Å²) in [6, 6.07) is 18.3. The quantitative estimate of drug-likeness (QED) is 0.353. The molecule has 0 bridgehead atoms. The van der Waals surface area contributed by atoms with Gasteiger partial charge in [0.05, 0.1) is 23.4 Å². The minimum absolute atomic E-state index is 0.143. The second-order valence-corrected chi connectivity index (χ2v) is 8.69. The Labute approximate surface area is 181 Å². The van der Waals surface area contributed by atoms with Crippen molar-refractivity contribution in [1.29, 1.82) is 0 Å². The van der Waals surface area contributed by atoms with Crippen LogP contribution in [0, 0.1) is 0 Å². The summed E-state index contributed by atoms with van der Waals surface area (Å²) in [4.78, 5) is 31.2. The molecule has 2 aromatic heterocycles. The van der Waals surface area contributed by atoms with Gasteiger partial charge in [-0.25, -0.2) is 4.98 Å². The molecule has 0 saturated carbocycles. The van der Waals surface area contributed by atoms with Crippen LogP contribution in [0.1, 0.15) is 6.92 Å². The van der Waals surface area contributed by atoms with E-state index in [9.17, 15) is 9.59 Å². The summed E-state index contributed by atoms with van der Waals surface area (Å²) in [7, 11) is 1.58. The fourth-order valence-corrected chi connectivity index (χ4v) is 4.67. The van der Waals surface area contributed by atoms with Crippen LogP contribution in [-0.4, -0.2) is 27.8 Å². The summed E-state index contributed by atoms with van der Waals surface area (Å²) in [5.41, 5.74) is 1.22. The predicted molar refractivity (Wildman–Crippen MR) is 122 cm³/mol. The molecule has 0 aliphatic rings. The molecule has 1 N–H and O–H groups in total. The molecule has 152 valence electrons. The number of rotatable bonds is 6. The summed E-state index contributed by atoms with van der Waals surface area (Å²) < 4.78 is 6.76. The molecule has 0 aliphatic carbocycles. The number of nitrogens with zero attached hydrogens (tertiary/aromatic N) is 2. The smallest absolute Gasteiger partial charge is 0.267 e. The molecule has 6 nitrogen and oxygen atoms in total. The number of aromatic nitrogens is 2. The number of anilines is 1. The van der Waals surface area contributed by atoms with E-state index >= 15 is 0 Å². The van der Waals surface area contributed by atoms with Crippen molar-refractivity contribution >= 4 is 44.9 Å². The lowest BCUT2D eigenvalue weighted by molar-refractivity contribution is -0.115. The number of thiophene rings is 1. The number of nitrogens with one attached hydrogen (secondary N) is 1. The van der Waals surface area contributed by atoms with Crippen molar-refractivity contribution in [3.05, 3.63) is 76.4 Å². The van der Waals surface area contributed by atoms with Gasteiger partial charge in [-0.3, -0.25) is 14.2 Å². The molecule has 2 heterocycles. The molecule has 0 radical (unpaired) electrons. The maximum atomic E-state index is 13.1. The largest absolute Gasteiger partial charge is 0.497 e. The highest BCUT2D eigenvalue weighted by atomic mass is 32.2. The van der Waals surface area contributed by atoms with Crippen LogP contribution >= 0.6 is 23.1 Å². The highest BCUT2D eigenvalue weighted by Gasteiger charge is 2.21. The Bertz CT molecular complexity index is 1250. The van der Waals surface area contributed by atoms with E-state index in [-0.39, 0.29) is 11.5 Å². The van der Waals surface area contributed by atoms with Crippen LogP contribution in [0.2, 0.25) is 0 Å². The minimum Gasteiger partial charge on any atom is -0.497 e.